The number of pyridine rings is 1. The number of hydrogen-bond acceptors (Lipinski definition) is 4. The van der Waals surface area contributed by atoms with Crippen LogP contribution in [0.4, 0.5) is 0 Å². The van der Waals surface area contributed by atoms with Crippen molar-refractivity contribution in [2.24, 2.45) is 0 Å². The van der Waals surface area contributed by atoms with Crippen molar-refractivity contribution < 1.29 is 64.9 Å². The third kappa shape index (κ3) is 4.02. The number of carbonyl (C=O) groups excluding carboxylic acids is 1. The van der Waals surface area contributed by atoms with E-state index in [1.54, 1.807) is 14.1 Å². The molecule has 0 spiro atoms. The van der Waals surface area contributed by atoms with Gasteiger partial charge in [0.25, 0.3) is 5.91 Å². The molecule has 1 aromatic heterocycles. The molecule has 0 radical (unpaired) electrons. The van der Waals surface area contributed by atoms with Crippen LogP contribution < -0.4 is 51.4 Å². The first-order valence-electron chi connectivity index (χ1n) is 3.80. The minimum absolute atomic E-state index is 0. The van der Waals surface area contributed by atoms with Crippen LogP contribution in [0.15, 0.2) is 23.4 Å². The van der Waals surface area contributed by atoms with Crippen molar-refractivity contribution in [3.63, 3.8) is 0 Å². The van der Waals surface area contributed by atoms with E-state index >= 15 is 0 Å². The largest absolute Gasteiger partial charge is 1.00 e. The van der Waals surface area contributed by atoms with Gasteiger partial charge in [-0.2, -0.15) is 0 Å². The van der Waals surface area contributed by atoms with E-state index in [9.17, 15) is 13.6 Å². The van der Waals surface area contributed by atoms with Crippen LogP contribution in [-0.2, 0) is 11.1 Å². The van der Waals surface area contributed by atoms with E-state index in [0.29, 0.717) is 0 Å². The fraction of sp³-hybridized carbons (Fsp3) is 0.250. The van der Waals surface area contributed by atoms with Gasteiger partial charge in [0.05, 0.1) is 5.56 Å². The van der Waals surface area contributed by atoms with E-state index in [1.165, 1.54) is 23.2 Å². The molecule has 15 heavy (non-hydrogen) atoms. The van der Waals surface area contributed by atoms with Gasteiger partial charge in [0.2, 0.25) is 0 Å². The maximum Gasteiger partial charge on any atom is 1.00 e. The van der Waals surface area contributed by atoms with Gasteiger partial charge in [0.15, 0.2) is 0 Å². The van der Waals surface area contributed by atoms with Gasteiger partial charge in [0, 0.05) is 20.3 Å². The fourth-order valence-corrected chi connectivity index (χ4v) is 1.41. The monoisotopic (exact) mass is 252 g/mol. The molecule has 7 heteroatoms. The predicted octanol–water partition coefficient (Wildman–Crippen LogP) is -2.97. The second-order valence-electron chi connectivity index (χ2n) is 2.79. The van der Waals surface area contributed by atoms with Gasteiger partial charge in [-0.05, 0) is 23.2 Å². The summed E-state index contributed by atoms with van der Waals surface area (Å²) in [6, 6.07) is 2.95. The van der Waals surface area contributed by atoms with Crippen molar-refractivity contribution in [1.29, 1.82) is 0 Å². The predicted molar refractivity (Wildman–Crippen MR) is 49.4 cm³/mol. The molecule has 1 atom stereocenters. The number of carbonyl (C=O) groups is 1. The topological polar surface area (TPSA) is 73.3 Å². The molecule has 0 saturated carbocycles. The first kappa shape index (κ1) is 15.4. The normalized spacial score (nSPS) is 11.4. The maximum absolute atomic E-state index is 11.5. The molecule has 0 bridgehead atoms. The zero-order valence-electron chi connectivity index (χ0n) is 8.76. The SMILES string of the molecule is CN(C)C(=O)c1cccnc1S(=O)[O-].[K+]. The maximum atomic E-state index is 11.5. The minimum atomic E-state index is -2.49. The van der Waals surface area contributed by atoms with Gasteiger partial charge < -0.3 is 9.45 Å². The van der Waals surface area contributed by atoms with Crippen LogP contribution in [0.25, 0.3) is 0 Å². The molecule has 1 aromatic rings. The summed E-state index contributed by atoms with van der Waals surface area (Å²) < 4.78 is 21.4. The molecule has 0 aliphatic heterocycles. The zero-order valence-corrected chi connectivity index (χ0v) is 12.7. The van der Waals surface area contributed by atoms with Crippen molar-refractivity contribution in [2.75, 3.05) is 14.1 Å². The fourth-order valence-electron chi connectivity index (χ4n) is 0.927. The summed E-state index contributed by atoms with van der Waals surface area (Å²) in [6.07, 6.45) is 1.33. The zero-order chi connectivity index (χ0) is 10.7. The Morgan fingerprint density at radius 1 is 1.53 bits per heavy atom. The van der Waals surface area contributed by atoms with E-state index in [-0.39, 0.29) is 67.9 Å². The Morgan fingerprint density at radius 3 is 2.60 bits per heavy atom. The van der Waals surface area contributed by atoms with Crippen LogP contribution >= 0.6 is 0 Å². The average molecular weight is 252 g/mol. The van der Waals surface area contributed by atoms with Crippen LogP contribution in [0, 0.1) is 0 Å². The van der Waals surface area contributed by atoms with Gasteiger partial charge >= 0.3 is 51.4 Å². The summed E-state index contributed by atoms with van der Waals surface area (Å²) in [5, 5.41) is -0.216. The second kappa shape index (κ2) is 6.84. The first-order chi connectivity index (χ1) is 6.54. The molecule has 1 heterocycles. The molecular weight excluding hydrogens is 243 g/mol. The van der Waals surface area contributed by atoms with E-state index < -0.39 is 11.1 Å². The molecule has 1 rings (SSSR count). The minimum Gasteiger partial charge on any atom is -0.767 e. The van der Waals surface area contributed by atoms with Crippen LogP contribution in [-0.4, -0.2) is 38.6 Å². The molecule has 0 saturated heterocycles. The molecule has 76 valence electrons. The Balaban J connectivity index is 0.00000196. The van der Waals surface area contributed by atoms with Crippen LogP contribution in [0.3, 0.4) is 0 Å². The summed E-state index contributed by atoms with van der Waals surface area (Å²) >= 11 is -2.49. The van der Waals surface area contributed by atoms with E-state index in [4.69, 9.17) is 0 Å². The number of amides is 1. The first-order valence-corrected chi connectivity index (χ1v) is 4.87. The molecule has 0 aromatic carbocycles. The molecule has 0 N–H and O–H groups in total. The van der Waals surface area contributed by atoms with Gasteiger partial charge in [-0.3, -0.25) is 9.00 Å². The summed E-state index contributed by atoms with van der Waals surface area (Å²) in [5.41, 5.74) is 0.0887. The Kier molecular flexibility index (Phi) is 7.01. The van der Waals surface area contributed by atoms with E-state index in [1.807, 2.05) is 0 Å². The van der Waals surface area contributed by atoms with Gasteiger partial charge in [-0.25, -0.2) is 4.98 Å². The Hall–Kier alpha value is 0.366. The van der Waals surface area contributed by atoms with Crippen molar-refractivity contribution in [1.82, 2.24) is 9.88 Å². The summed E-state index contributed by atoms with van der Waals surface area (Å²) in [5.74, 6) is -0.377. The molecule has 1 amide bonds. The van der Waals surface area contributed by atoms with Crippen LogP contribution in [0.5, 0.6) is 0 Å². The molecule has 0 fully saturated rings. The van der Waals surface area contributed by atoms with Gasteiger partial charge in [-0.15, -0.1) is 0 Å². The standard InChI is InChI=1S/C8H10N2O3S.K/c1-10(2)8(11)6-4-3-5-9-7(6)14(12)13;/h3-5H,1-2H3,(H,12,13);/q;+1/p-1. The number of rotatable bonds is 2. The third-order valence-corrected chi connectivity index (χ3v) is 2.21. The van der Waals surface area contributed by atoms with E-state index in [0.717, 1.165) is 0 Å². The summed E-state index contributed by atoms with van der Waals surface area (Å²) in [6.45, 7) is 0. The average Bonchev–Trinajstić information content (AvgIpc) is 2.16. The third-order valence-electron chi connectivity index (χ3n) is 1.57. The smallest absolute Gasteiger partial charge is 0.767 e. The van der Waals surface area contributed by atoms with Gasteiger partial charge in [0.1, 0.15) is 5.03 Å². The number of hydrogen-bond donors (Lipinski definition) is 0. The Labute approximate surface area is 133 Å². The molecule has 0 aliphatic carbocycles. The van der Waals surface area contributed by atoms with Crippen molar-refractivity contribution in [2.45, 2.75) is 5.03 Å². The summed E-state index contributed by atoms with van der Waals surface area (Å²) in [7, 11) is 3.10. The Bertz CT molecular complexity index is 384. The number of aromatic nitrogens is 1. The van der Waals surface area contributed by atoms with E-state index in [2.05, 4.69) is 4.98 Å². The van der Waals surface area contributed by atoms with Crippen molar-refractivity contribution in [3.05, 3.63) is 23.9 Å². The Morgan fingerprint density at radius 2 is 2.13 bits per heavy atom. The molecule has 0 aliphatic rings. The molecule has 5 nitrogen and oxygen atoms in total. The van der Waals surface area contributed by atoms with Crippen LogP contribution in [0.2, 0.25) is 0 Å². The molecule has 1 unspecified atom stereocenters. The quantitative estimate of drug-likeness (QED) is 0.416. The van der Waals surface area contributed by atoms with Crippen molar-refractivity contribution >= 4 is 17.0 Å². The second-order valence-corrected chi connectivity index (χ2v) is 3.65. The van der Waals surface area contributed by atoms with Gasteiger partial charge in [-0.1, -0.05) is 0 Å². The number of nitrogens with zero attached hydrogens (tertiary/aromatic N) is 2. The van der Waals surface area contributed by atoms with Crippen molar-refractivity contribution in [3.8, 4) is 0 Å². The molecular formula is C8H9KN2O3S. The van der Waals surface area contributed by atoms with Crippen LogP contribution in [0.1, 0.15) is 10.4 Å². The summed E-state index contributed by atoms with van der Waals surface area (Å²) in [4.78, 5) is 16.4.